The summed E-state index contributed by atoms with van der Waals surface area (Å²) in [5, 5.41) is 7.86. The van der Waals surface area contributed by atoms with Gasteiger partial charge in [-0.3, -0.25) is 0 Å². The van der Waals surface area contributed by atoms with E-state index < -0.39 is 0 Å². The lowest BCUT2D eigenvalue weighted by atomic mass is 10.3. The maximum atomic E-state index is 4.89. The molecule has 1 heterocycles. The Kier molecular flexibility index (Phi) is 3.63. The summed E-state index contributed by atoms with van der Waals surface area (Å²) in [7, 11) is 3.26. The molecule has 4 nitrogen and oxygen atoms in total. The van der Waals surface area contributed by atoms with Crippen LogP contribution in [0.2, 0.25) is 0 Å². The molecule has 0 aliphatic carbocycles. The van der Waals surface area contributed by atoms with Crippen LogP contribution in [0.5, 0.6) is 0 Å². The highest BCUT2D eigenvalue weighted by molar-refractivity contribution is 5.05. The summed E-state index contributed by atoms with van der Waals surface area (Å²) in [6, 6.07) is 3.76. The summed E-state index contributed by atoms with van der Waals surface area (Å²) in [5.74, 6) is 0. The molecule has 0 atom stereocenters. The Bertz CT molecular complexity index is 198. The van der Waals surface area contributed by atoms with Crippen molar-refractivity contribution in [1.29, 1.82) is 0 Å². The van der Waals surface area contributed by atoms with Crippen LogP contribution in [-0.4, -0.2) is 24.4 Å². The van der Waals surface area contributed by atoms with E-state index in [1.165, 1.54) is 0 Å². The lowest BCUT2D eigenvalue weighted by molar-refractivity contribution is 0.175. The van der Waals surface area contributed by atoms with Gasteiger partial charge in [0.25, 0.3) is 0 Å². The summed E-state index contributed by atoms with van der Waals surface area (Å²) >= 11 is 0. The van der Waals surface area contributed by atoms with Gasteiger partial charge in [0.1, 0.15) is 0 Å². The first-order valence-corrected chi connectivity index (χ1v) is 3.66. The van der Waals surface area contributed by atoms with Crippen molar-refractivity contribution in [3.05, 3.63) is 23.5 Å². The molecule has 0 aromatic carbocycles. The fourth-order valence-corrected chi connectivity index (χ4v) is 0.837. The molecule has 0 aliphatic rings. The SMILES string of the molecule is COCc1ccc(COC)nn1. The van der Waals surface area contributed by atoms with Crippen LogP contribution in [0, 0.1) is 0 Å². The third-order valence-corrected chi connectivity index (χ3v) is 1.36. The van der Waals surface area contributed by atoms with Crippen LogP contribution in [0.4, 0.5) is 0 Å². The van der Waals surface area contributed by atoms with Crippen molar-refractivity contribution in [2.45, 2.75) is 13.2 Å². The van der Waals surface area contributed by atoms with E-state index in [-0.39, 0.29) is 0 Å². The summed E-state index contributed by atoms with van der Waals surface area (Å²) in [4.78, 5) is 0. The second kappa shape index (κ2) is 4.79. The molecule has 12 heavy (non-hydrogen) atoms. The Morgan fingerprint density at radius 2 is 1.42 bits per heavy atom. The topological polar surface area (TPSA) is 44.2 Å². The largest absolute Gasteiger partial charge is 0.378 e. The second-order valence-corrected chi connectivity index (χ2v) is 2.38. The Balaban J connectivity index is 2.58. The number of ether oxygens (including phenoxy) is 2. The van der Waals surface area contributed by atoms with Gasteiger partial charge in [0.15, 0.2) is 0 Å². The molecule has 0 bridgehead atoms. The molecule has 0 amide bonds. The fourth-order valence-electron chi connectivity index (χ4n) is 0.837. The van der Waals surface area contributed by atoms with Crippen LogP contribution in [0.1, 0.15) is 11.4 Å². The molecule has 66 valence electrons. The summed E-state index contributed by atoms with van der Waals surface area (Å²) in [6.45, 7) is 1.00. The van der Waals surface area contributed by atoms with E-state index in [2.05, 4.69) is 10.2 Å². The fraction of sp³-hybridized carbons (Fsp3) is 0.500. The number of nitrogens with zero attached hydrogens (tertiary/aromatic N) is 2. The van der Waals surface area contributed by atoms with Gasteiger partial charge in [-0.25, -0.2) is 0 Å². The van der Waals surface area contributed by atoms with E-state index in [0.717, 1.165) is 11.4 Å². The maximum Gasteiger partial charge on any atom is 0.0902 e. The molecule has 1 aromatic rings. The molecule has 0 saturated heterocycles. The van der Waals surface area contributed by atoms with E-state index >= 15 is 0 Å². The zero-order chi connectivity index (χ0) is 8.81. The van der Waals surface area contributed by atoms with Crippen molar-refractivity contribution in [3.8, 4) is 0 Å². The maximum absolute atomic E-state index is 4.89. The Hall–Kier alpha value is -1.00. The minimum atomic E-state index is 0.500. The Morgan fingerprint density at radius 3 is 1.67 bits per heavy atom. The number of hydrogen-bond acceptors (Lipinski definition) is 4. The van der Waals surface area contributed by atoms with E-state index in [9.17, 15) is 0 Å². The van der Waals surface area contributed by atoms with Gasteiger partial charge in [-0.1, -0.05) is 0 Å². The minimum absolute atomic E-state index is 0.500. The highest BCUT2D eigenvalue weighted by Gasteiger charge is 1.95. The average molecular weight is 168 g/mol. The Labute approximate surface area is 71.5 Å². The standard InChI is InChI=1S/C8H12N2O2/c1-11-5-7-3-4-8(6-12-2)10-9-7/h3-4H,5-6H2,1-2H3. The van der Waals surface area contributed by atoms with Crippen LogP contribution < -0.4 is 0 Å². The van der Waals surface area contributed by atoms with Crippen LogP contribution in [0.3, 0.4) is 0 Å². The zero-order valence-electron chi connectivity index (χ0n) is 7.28. The first-order valence-electron chi connectivity index (χ1n) is 3.66. The smallest absolute Gasteiger partial charge is 0.0902 e. The quantitative estimate of drug-likeness (QED) is 0.666. The summed E-state index contributed by atoms with van der Waals surface area (Å²) < 4.78 is 9.79. The molecule has 0 N–H and O–H groups in total. The second-order valence-electron chi connectivity index (χ2n) is 2.38. The number of hydrogen-bond donors (Lipinski definition) is 0. The van der Waals surface area contributed by atoms with E-state index in [1.807, 2.05) is 12.1 Å². The van der Waals surface area contributed by atoms with Gasteiger partial charge < -0.3 is 9.47 Å². The average Bonchev–Trinajstić information content (AvgIpc) is 2.09. The van der Waals surface area contributed by atoms with Crippen molar-refractivity contribution in [2.24, 2.45) is 0 Å². The van der Waals surface area contributed by atoms with Crippen LogP contribution >= 0.6 is 0 Å². The van der Waals surface area contributed by atoms with Crippen molar-refractivity contribution in [3.63, 3.8) is 0 Å². The molecule has 0 unspecified atom stereocenters. The van der Waals surface area contributed by atoms with Crippen molar-refractivity contribution >= 4 is 0 Å². The van der Waals surface area contributed by atoms with Gasteiger partial charge in [-0.15, -0.1) is 0 Å². The van der Waals surface area contributed by atoms with Gasteiger partial charge in [-0.05, 0) is 12.1 Å². The van der Waals surface area contributed by atoms with Crippen LogP contribution in [0.25, 0.3) is 0 Å². The minimum Gasteiger partial charge on any atom is -0.378 e. The third-order valence-electron chi connectivity index (χ3n) is 1.36. The number of rotatable bonds is 4. The van der Waals surface area contributed by atoms with Gasteiger partial charge in [0, 0.05) is 14.2 Å². The molecule has 0 radical (unpaired) electrons. The van der Waals surface area contributed by atoms with Gasteiger partial charge in [0.05, 0.1) is 24.6 Å². The zero-order valence-corrected chi connectivity index (χ0v) is 7.28. The Morgan fingerprint density at radius 1 is 1.00 bits per heavy atom. The van der Waals surface area contributed by atoms with E-state index in [0.29, 0.717) is 13.2 Å². The van der Waals surface area contributed by atoms with Crippen molar-refractivity contribution < 1.29 is 9.47 Å². The van der Waals surface area contributed by atoms with Crippen LogP contribution in [0.15, 0.2) is 12.1 Å². The molecular formula is C8H12N2O2. The van der Waals surface area contributed by atoms with Gasteiger partial charge >= 0.3 is 0 Å². The lowest BCUT2D eigenvalue weighted by Gasteiger charge is -1.99. The number of methoxy groups -OCH3 is 2. The molecule has 0 spiro atoms. The molecule has 4 heteroatoms. The third kappa shape index (κ3) is 2.56. The number of aromatic nitrogens is 2. The normalized spacial score (nSPS) is 10.2. The van der Waals surface area contributed by atoms with Gasteiger partial charge in [-0.2, -0.15) is 10.2 Å². The molecule has 0 aliphatic heterocycles. The van der Waals surface area contributed by atoms with E-state index in [4.69, 9.17) is 9.47 Å². The predicted octanol–water partition coefficient (Wildman–Crippen LogP) is 0.769. The van der Waals surface area contributed by atoms with Crippen LogP contribution in [-0.2, 0) is 22.7 Å². The highest BCUT2D eigenvalue weighted by atomic mass is 16.5. The van der Waals surface area contributed by atoms with Crippen molar-refractivity contribution in [2.75, 3.05) is 14.2 Å². The molecule has 0 saturated carbocycles. The van der Waals surface area contributed by atoms with Crippen molar-refractivity contribution in [1.82, 2.24) is 10.2 Å². The highest BCUT2D eigenvalue weighted by Crippen LogP contribution is 1.98. The molecule has 1 rings (SSSR count). The first kappa shape index (κ1) is 9.09. The van der Waals surface area contributed by atoms with E-state index in [1.54, 1.807) is 14.2 Å². The summed E-state index contributed by atoms with van der Waals surface area (Å²) in [5.41, 5.74) is 1.66. The summed E-state index contributed by atoms with van der Waals surface area (Å²) in [6.07, 6.45) is 0. The molecule has 1 aromatic heterocycles. The molecule has 0 fully saturated rings. The first-order chi connectivity index (χ1) is 5.86. The lowest BCUT2D eigenvalue weighted by Crippen LogP contribution is -1.99. The predicted molar refractivity (Wildman–Crippen MR) is 43.5 cm³/mol. The van der Waals surface area contributed by atoms with Gasteiger partial charge in [0.2, 0.25) is 0 Å². The monoisotopic (exact) mass is 168 g/mol. The molecular weight excluding hydrogens is 156 g/mol.